The van der Waals surface area contributed by atoms with E-state index in [0.717, 1.165) is 0 Å². The second kappa shape index (κ2) is 5.05. The maximum atomic E-state index is 10.6. The lowest BCUT2D eigenvalue weighted by Crippen LogP contribution is -1.90. The van der Waals surface area contributed by atoms with E-state index in [1.165, 1.54) is 30.3 Å². The molecule has 0 aromatic heterocycles. The molecule has 2 aromatic carbocycles. The van der Waals surface area contributed by atoms with Crippen LogP contribution in [0.4, 0.5) is 5.69 Å². The molecule has 6 heteroatoms. The van der Waals surface area contributed by atoms with Gasteiger partial charge >= 0.3 is 0 Å². The number of nitro groups is 1. The zero-order chi connectivity index (χ0) is 13.1. The topological polar surface area (TPSA) is 72.6 Å². The summed E-state index contributed by atoms with van der Waals surface area (Å²) in [6.45, 7) is 0. The van der Waals surface area contributed by atoms with E-state index in [-0.39, 0.29) is 11.4 Å². The number of halogens is 1. The number of aromatic hydroxyl groups is 1. The Hall–Kier alpha value is -2.08. The molecule has 0 aliphatic rings. The Kier molecular flexibility index (Phi) is 3.47. The second-order valence-electron chi connectivity index (χ2n) is 3.47. The molecule has 2 rings (SSSR count). The van der Waals surface area contributed by atoms with Crippen molar-refractivity contribution in [3.05, 3.63) is 57.1 Å². The second-order valence-corrected chi connectivity index (χ2v) is 4.33. The van der Waals surface area contributed by atoms with Crippen LogP contribution in [0.1, 0.15) is 0 Å². The Morgan fingerprint density at radius 3 is 2.61 bits per heavy atom. The van der Waals surface area contributed by atoms with Crippen LogP contribution < -0.4 is 4.74 Å². The fraction of sp³-hybridized carbons (Fsp3) is 0. The first kappa shape index (κ1) is 12.4. The van der Waals surface area contributed by atoms with E-state index in [2.05, 4.69) is 15.9 Å². The molecule has 5 nitrogen and oxygen atoms in total. The first-order valence-corrected chi connectivity index (χ1v) is 5.76. The van der Waals surface area contributed by atoms with Crippen LogP contribution in [0.2, 0.25) is 0 Å². The molecule has 92 valence electrons. The molecule has 2 aromatic rings. The van der Waals surface area contributed by atoms with Gasteiger partial charge in [-0.3, -0.25) is 10.1 Å². The van der Waals surface area contributed by atoms with Gasteiger partial charge in [0, 0.05) is 18.2 Å². The van der Waals surface area contributed by atoms with Crippen LogP contribution >= 0.6 is 15.9 Å². The summed E-state index contributed by atoms with van der Waals surface area (Å²) in [7, 11) is 0. The monoisotopic (exact) mass is 309 g/mol. The highest BCUT2D eigenvalue weighted by Crippen LogP contribution is 2.33. The lowest BCUT2D eigenvalue weighted by Gasteiger charge is -2.07. The van der Waals surface area contributed by atoms with Crippen LogP contribution in [-0.4, -0.2) is 10.0 Å². The lowest BCUT2D eigenvalue weighted by molar-refractivity contribution is -0.384. The van der Waals surface area contributed by atoms with Gasteiger partial charge in [0.15, 0.2) is 0 Å². The van der Waals surface area contributed by atoms with E-state index in [9.17, 15) is 15.2 Å². The molecule has 0 heterocycles. The van der Waals surface area contributed by atoms with Gasteiger partial charge in [-0.1, -0.05) is 6.07 Å². The van der Waals surface area contributed by atoms with Crippen molar-refractivity contribution >= 4 is 21.6 Å². The third kappa shape index (κ3) is 2.78. The molecule has 0 spiro atoms. The van der Waals surface area contributed by atoms with Crippen molar-refractivity contribution in [2.24, 2.45) is 0 Å². The minimum absolute atomic E-state index is 0.0230. The first-order chi connectivity index (χ1) is 8.56. The van der Waals surface area contributed by atoms with Gasteiger partial charge in [-0.25, -0.2) is 0 Å². The van der Waals surface area contributed by atoms with E-state index in [4.69, 9.17) is 4.74 Å². The van der Waals surface area contributed by atoms with Crippen molar-refractivity contribution < 1.29 is 14.8 Å². The maximum absolute atomic E-state index is 10.6. The van der Waals surface area contributed by atoms with E-state index >= 15 is 0 Å². The summed E-state index contributed by atoms with van der Waals surface area (Å²) in [5, 5.41) is 19.9. The molecule has 0 unspecified atom stereocenters. The van der Waals surface area contributed by atoms with E-state index < -0.39 is 4.92 Å². The van der Waals surface area contributed by atoms with Crippen molar-refractivity contribution in [2.45, 2.75) is 0 Å². The molecule has 0 saturated carbocycles. The number of phenolic OH excluding ortho intramolecular Hbond substituents is 1. The number of nitrogens with zero attached hydrogens (tertiary/aromatic N) is 1. The Balaban J connectivity index is 2.27. The quantitative estimate of drug-likeness (QED) is 0.690. The molecule has 1 N–H and O–H groups in total. The zero-order valence-electron chi connectivity index (χ0n) is 9.04. The SMILES string of the molecule is O=[N+]([O-])c1ccc(Oc2cccc(O)c2)c(Br)c1. The number of hydrogen-bond acceptors (Lipinski definition) is 4. The highest BCUT2D eigenvalue weighted by Gasteiger charge is 2.10. The molecular formula is C12H8BrNO4. The smallest absolute Gasteiger partial charge is 0.270 e. The summed E-state index contributed by atoms with van der Waals surface area (Å²) in [6.07, 6.45) is 0. The number of benzene rings is 2. The summed E-state index contributed by atoms with van der Waals surface area (Å²) < 4.78 is 5.97. The largest absolute Gasteiger partial charge is 0.508 e. The molecule has 0 amide bonds. The van der Waals surface area contributed by atoms with Crippen LogP contribution in [0.15, 0.2) is 46.9 Å². The summed E-state index contributed by atoms with van der Waals surface area (Å²) in [5.41, 5.74) is -0.0230. The molecule has 18 heavy (non-hydrogen) atoms. The van der Waals surface area contributed by atoms with Gasteiger partial charge in [0.2, 0.25) is 0 Å². The third-order valence-electron chi connectivity index (χ3n) is 2.17. The van der Waals surface area contributed by atoms with Crippen LogP contribution in [0.25, 0.3) is 0 Å². The molecule has 0 bridgehead atoms. The molecular weight excluding hydrogens is 302 g/mol. The predicted octanol–water partition coefficient (Wildman–Crippen LogP) is 3.86. The maximum Gasteiger partial charge on any atom is 0.270 e. The van der Waals surface area contributed by atoms with Gasteiger partial charge in [-0.05, 0) is 34.1 Å². The van der Waals surface area contributed by atoms with E-state index in [1.807, 2.05) is 0 Å². The standard InChI is InChI=1S/C12H8BrNO4/c13-11-6-8(14(16)17)4-5-12(11)18-10-3-1-2-9(15)7-10/h1-7,15H. The number of phenols is 1. The Morgan fingerprint density at radius 1 is 1.22 bits per heavy atom. The highest BCUT2D eigenvalue weighted by atomic mass is 79.9. The van der Waals surface area contributed by atoms with Crippen LogP contribution in [0.5, 0.6) is 17.2 Å². The van der Waals surface area contributed by atoms with Gasteiger partial charge in [0.05, 0.1) is 9.40 Å². The molecule has 0 atom stereocenters. The number of rotatable bonds is 3. The minimum Gasteiger partial charge on any atom is -0.508 e. The Morgan fingerprint density at radius 2 is 2.00 bits per heavy atom. The van der Waals surface area contributed by atoms with Gasteiger partial charge in [-0.2, -0.15) is 0 Å². The fourth-order valence-corrected chi connectivity index (χ4v) is 1.81. The highest BCUT2D eigenvalue weighted by molar-refractivity contribution is 9.10. The average Bonchev–Trinajstić information content (AvgIpc) is 2.31. The van der Waals surface area contributed by atoms with Gasteiger partial charge in [0.25, 0.3) is 5.69 Å². The zero-order valence-corrected chi connectivity index (χ0v) is 10.6. The Bertz CT molecular complexity index is 600. The van der Waals surface area contributed by atoms with Crippen molar-refractivity contribution in [1.29, 1.82) is 0 Å². The molecule has 0 aliphatic carbocycles. The third-order valence-corrected chi connectivity index (χ3v) is 2.79. The Labute approximate surface area is 111 Å². The molecule has 0 fully saturated rings. The van der Waals surface area contributed by atoms with Crippen molar-refractivity contribution in [3.8, 4) is 17.2 Å². The number of non-ortho nitro benzene ring substituents is 1. The number of hydrogen-bond donors (Lipinski definition) is 1. The molecule has 0 aliphatic heterocycles. The van der Waals surface area contributed by atoms with Crippen molar-refractivity contribution in [1.82, 2.24) is 0 Å². The van der Waals surface area contributed by atoms with Gasteiger partial charge < -0.3 is 9.84 Å². The summed E-state index contributed by atoms with van der Waals surface area (Å²) in [4.78, 5) is 10.1. The van der Waals surface area contributed by atoms with E-state index in [1.54, 1.807) is 12.1 Å². The predicted molar refractivity (Wildman–Crippen MR) is 69.0 cm³/mol. The summed E-state index contributed by atoms with van der Waals surface area (Å²) in [6, 6.07) is 10.5. The van der Waals surface area contributed by atoms with Crippen molar-refractivity contribution in [3.63, 3.8) is 0 Å². The van der Waals surface area contributed by atoms with Gasteiger partial charge in [-0.15, -0.1) is 0 Å². The van der Waals surface area contributed by atoms with Crippen LogP contribution in [-0.2, 0) is 0 Å². The average molecular weight is 310 g/mol. The lowest BCUT2D eigenvalue weighted by atomic mass is 10.3. The number of ether oxygens (including phenoxy) is 1. The van der Waals surface area contributed by atoms with E-state index in [0.29, 0.717) is 16.0 Å². The molecule has 0 saturated heterocycles. The summed E-state index contributed by atoms with van der Waals surface area (Å²) >= 11 is 3.20. The molecule has 0 radical (unpaired) electrons. The first-order valence-electron chi connectivity index (χ1n) is 4.97. The fourth-order valence-electron chi connectivity index (χ4n) is 1.36. The van der Waals surface area contributed by atoms with Crippen LogP contribution in [0.3, 0.4) is 0 Å². The number of nitro benzene ring substituents is 1. The van der Waals surface area contributed by atoms with Crippen molar-refractivity contribution in [2.75, 3.05) is 0 Å². The van der Waals surface area contributed by atoms with Gasteiger partial charge in [0.1, 0.15) is 17.2 Å². The van der Waals surface area contributed by atoms with Crippen LogP contribution in [0, 0.1) is 10.1 Å². The normalized spacial score (nSPS) is 10.1. The summed E-state index contributed by atoms with van der Waals surface area (Å²) in [5.74, 6) is 0.973. The minimum atomic E-state index is -0.483.